The second-order valence-electron chi connectivity index (χ2n) is 5.85. The highest BCUT2D eigenvalue weighted by Crippen LogP contribution is 2.33. The van der Waals surface area contributed by atoms with Crippen LogP contribution in [-0.4, -0.2) is 20.7 Å². The third-order valence-electron chi connectivity index (χ3n) is 4.22. The van der Waals surface area contributed by atoms with Crippen LogP contribution in [0.15, 0.2) is 47.4 Å². The predicted molar refractivity (Wildman–Crippen MR) is 90.5 cm³/mol. The number of benzene rings is 2. The van der Waals surface area contributed by atoms with Gasteiger partial charge in [0, 0.05) is 12.1 Å². The summed E-state index contributed by atoms with van der Waals surface area (Å²) in [4.78, 5) is 11.9. The van der Waals surface area contributed by atoms with Gasteiger partial charge in [-0.1, -0.05) is 18.2 Å². The van der Waals surface area contributed by atoms with Crippen LogP contribution in [0.25, 0.3) is 0 Å². The monoisotopic (exact) mass is 329 g/mol. The average Bonchev–Trinajstić information content (AvgIpc) is 2.53. The number of hydrogen-bond donors (Lipinski definition) is 0. The van der Waals surface area contributed by atoms with Gasteiger partial charge in [0.15, 0.2) is 5.78 Å². The van der Waals surface area contributed by atoms with Gasteiger partial charge < -0.3 is 0 Å². The van der Waals surface area contributed by atoms with Crippen molar-refractivity contribution in [2.24, 2.45) is 0 Å². The van der Waals surface area contributed by atoms with Crippen molar-refractivity contribution in [3.05, 3.63) is 59.2 Å². The first-order valence-corrected chi connectivity index (χ1v) is 9.07. The summed E-state index contributed by atoms with van der Waals surface area (Å²) in [6.45, 7) is 3.78. The van der Waals surface area contributed by atoms with E-state index in [1.54, 1.807) is 37.3 Å². The molecule has 1 aliphatic heterocycles. The van der Waals surface area contributed by atoms with Crippen molar-refractivity contribution in [1.29, 1.82) is 0 Å². The fraction of sp³-hybridized carbons (Fsp3) is 0.278. The SMILES string of the molecule is CC(=O)c1ccc2c(c1)CCCN2S(=O)(=O)c1ccccc1C. The number of ketones is 1. The molecule has 0 atom stereocenters. The van der Waals surface area contributed by atoms with Crippen molar-refractivity contribution >= 4 is 21.5 Å². The lowest BCUT2D eigenvalue weighted by molar-refractivity contribution is 0.101. The fourth-order valence-corrected chi connectivity index (χ4v) is 4.77. The highest BCUT2D eigenvalue weighted by molar-refractivity contribution is 7.92. The minimum atomic E-state index is -3.59. The number of rotatable bonds is 3. The number of hydrogen-bond acceptors (Lipinski definition) is 3. The average molecular weight is 329 g/mol. The summed E-state index contributed by atoms with van der Waals surface area (Å²) >= 11 is 0. The van der Waals surface area contributed by atoms with E-state index in [0.29, 0.717) is 22.7 Å². The van der Waals surface area contributed by atoms with Gasteiger partial charge in [0.05, 0.1) is 10.6 Å². The van der Waals surface area contributed by atoms with Gasteiger partial charge in [0.2, 0.25) is 0 Å². The molecule has 1 heterocycles. The molecule has 2 aromatic carbocycles. The first kappa shape index (κ1) is 15.7. The Kier molecular flexibility index (Phi) is 3.98. The zero-order chi connectivity index (χ0) is 16.6. The Bertz CT molecular complexity index is 872. The molecular formula is C18H19NO3S. The third-order valence-corrected chi connectivity index (χ3v) is 6.20. The number of fused-ring (bicyclic) bond motifs is 1. The van der Waals surface area contributed by atoms with Gasteiger partial charge in [-0.15, -0.1) is 0 Å². The van der Waals surface area contributed by atoms with Crippen LogP contribution in [0.5, 0.6) is 0 Å². The Morgan fingerprint density at radius 2 is 1.87 bits per heavy atom. The molecule has 2 aromatic rings. The Labute approximate surface area is 136 Å². The number of carbonyl (C=O) groups excluding carboxylic acids is 1. The molecular weight excluding hydrogens is 310 g/mol. The molecule has 0 fully saturated rings. The van der Waals surface area contributed by atoms with Gasteiger partial charge in [-0.05, 0) is 62.1 Å². The van der Waals surface area contributed by atoms with E-state index in [-0.39, 0.29) is 5.78 Å². The lowest BCUT2D eigenvalue weighted by Crippen LogP contribution is -2.35. The maximum Gasteiger partial charge on any atom is 0.264 e. The van der Waals surface area contributed by atoms with Crippen LogP contribution < -0.4 is 4.31 Å². The van der Waals surface area contributed by atoms with Crippen molar-refractivity contribution < 1.29 is 13.2 Å². The molecule has 0 bridgehead atoms. The first-order valence-electron chi connectivity index (χ1n) is 7.63. The van der Waals surface area contributed by atoms with Gasteiger partial charge in [0.1, 0.15) is 0 Å². The lowest BCUT2D eigenvalue weighted by Gasteiger charge is -2.31. The van der Waals surface area contributed by atoms with E-state index in [9.17, 15) is 13.2 Å². The summed E-state index contributed by atoms with van der Waals surface area (Å²) in [5.74, 6) is -0.00770. The zero-order valence-corrected chi connectivity index (χ0v) is 14.1. The standard InChI is InChI=1S/C18H19NO3S/c1-13-6-3-4-8-18(13)23(21,22)19-11-5-7-16-12-15(14(2)20)9-10-17(16)19/h3-4,6,8-10,12H,5,7,11H2,1-2H3. The maximum absolute atomic E-state index is 13.0. The van der Waals surface area contributed by atoms with Crippen LogP contribution in [0, 0.1) is 6.92 Å². The minimum absolute atomic E-state index is 0.00770. The van der Waals surface area contributed by atoms with Gasteiger partial charge in [0.25, 0.3) is 10.0 Å². The number of Topliss-reactive ketones (excluding diaryl/α,β-unsaturated/α-hetero) is 1. The van der Waals surface area contributed by atoms with Crippen molar-refractivity contribution in [2.75, 3.05) is 10.8 Å². The van der Waals surface area contributed by atoms with Crippen molar-refractivity contribution in [3.8, 4) is 0 Å². The maximum atomic E-state index is 13.0. The summed E-state index contributed by atoms with van der Waals surface area (Å²) in [6.07, 6.45) is 1.54. The Morgan fingerprint density at radius 1 is 1.13 bits per heavy atom. The van der Waals surface area contributed by atoms with E-state index in [1.807, 2.05) is 12.1 Å². The number of sulfonamides is 1. The highest BCUT2D eigenvalue weighted by atomic mass is 32.2. The molecule has 0 unspecified atom stereocenters. The molecule has 0 saturated carbocycles. The molecule has 0 aromatic heterocycles. The number of nitrogens with zero attached hydrogens (tertiary/aromatic N) is 1. The zero-order valence-electron chi connectivity index (χ0n) is 13.2. The molecule has 4 nitrogen and oxygen atoms in total. The fourth-order valence-electron chi connectivity index (χ4n) is 3.00. The minimum Gasteiger partial charge on any atom is -0.295 e. The van der Waals surface area contributed by atoms with Crippen LogP contribution >= 0.6 is 0 Å². The molecule has 23 heavy (non-hydrogen) atoms. The summed E-state index contributed by atoms with van der Waals surface area (Å²) in [7, 11) is -3.59. The molecule has 3 rings (SSSR count). The smallest absolute Gasteiger partial charge is 0.264 e. The molecule has 0 aliphatic carbocycles. The summed E-state index contributed by atoms with van der Waals surface area (Å²) in [5.41, 5.74) is 2.96. The summed E-state index contributed by atoms with van der Waals surface area (Å²) in [6, 6.07) is 12.3. The molecule has 0 spiro atoms. The highest BCUT2D eigenvalue weighted by Gasteiger charge is 2.30. The number of aryl methyl sites for hydroxylation is 2. The van der Waals surface area contributed by atoms with Crippen LogP contribution in [0.1, 0.15) is 34.8 Å². The first-order chi connectivity index (χ1) is 10.9. The summed E-state index contributed by atoms with van der Waals surface area (Å²) < 4.78 is 27.6. The van der Waals surface area contributed by atoms with Crippen LogP contribution in [0.3, 0.4) is 0 Å². The lowest BCUT2D eigenvalue weighted by atomic mass is 9.99. The van der Waals surface area contributed by atoms with Crippen LogP contribution in [-0.2, 0) is 16.4 Å². The van der Waals surface area contributed by atoms with E-state index < -0.39 is 10.0 Å². The number of anilines is 1. The third kappa shape index (κ3) is 2.77. The van der Waals surface area contributed by atoms with Gasteiger partial charge in [-0.3, -0.25) is 9.10 Å². The Hall–Kier alpha value is -2.14. The topological polar surface area (TPSA) is 54.5 Å². The number of carbonyl (C=O) groups is 1. The van der Waals surface area contributed by atoms with Gasteiger partial charge in [-0.2, -0.15) is 0 Å². The van der Waals surface area contributed by atoms with E-state index in [2.05, 4.69) is 0 Å². The van der Waals surface area contributed by atoms with Gasteiger partial charge in [-0.25, -0.2) is 8.42 Å². The van der Waals surface area contributed by atoms with Crippen molar-refractivity contribution in [3.63, 3.8) is 0 Å². The van der Waals surface area contributed by atoms with E-state index in [4.69, 9.17) is 0 Å². The normalized spacial score (nSPS) is 14.4. The van der Waals surface area contributed by atoms with Crippen molar-refractivity contribution in [1.82, 2.24) is 0 Å². The molecule has 0 saturated heterocycles. The van der Waals surface area contributed by atoms with E-state index in [1.165, 1.54) is 11.2 Å². The van der Waals surface area contributed by atoms with Gasteiger partial charge >= 0.3 is 0 Å². The predicted octanol–water partition coefficient (Wildman–Crippen LogP) is 3.34. The Balaban J connectivity index is 2.10. The van der Waals surface area contributed by atoms with Crippen LogP contribution in [0.4, 0.5) is 5.69 Å². The quantitative estimate of drug-likeness (QED) is 0.812. The Morgan fingerprint density at radius 3 is 2.57 bits per heavy atom. The second-order valence-corrected chi connectivity index (χ2v) is 7.68. The summed E-state index contributed by atoms with van der Waals surface area (Å²) in [5, 5.41) is 0. The molecule has 0 amide bonds. The van der Waals surface area contributed by atoms with E-state index in [0.717, 1.165) is 24.0 Å². The second kappa shape index (κ2) is 5.81. The molecule has 5 heteroatoms. The molecule has 0 N–H and O–H groups in total. The molecule has 120 valence electrons. The van der Waals surface area contributed by atoms with Crippen molar-refractivity contribution in [2.45, 2.75) is 31.6 Å². The largest absolute Gasteiger partial charge is 0.295 e. The molecule has 1 aliphatic rings. The van der Waals surface area contributed by atoms with Crippen LogP contribution in [0.2, 0.25) is 0 Å². The molecule has 0 radical (unpaired) electrons. The van der Waals surface area contributed by atoms with E-state index >= 15 is 0 Å².